The van der Waals surface area contributed by atoms with Gasteiger partial charge in [-0.25, -0.2) is 13.1 Å². The number of hydrogen-bond acceptors (Lipinski definition) is 12. The van der Waals surface area contributed by atoms with Gasteiger partial charge in [0.15, 0.2) is 18.9 Å². The second-order valence-corrected chi connectivity index (χ2v) is 17.5. The Labute approximate surface area is 374 Å². The first-order valence-corrected chi connectivity index (χ1v) is 22.8. The van der Waals surface area contributed by atoms with E-state index in [0.717, 1.165) is 22.3 Å². The van der Waals surface area contributed by atoms with E-state index in [9.17, 15) is 13.2 Å². The first-order valence-electron chi connectivity index (χ1n) is 21.3. The maximum atomic E-state index is 14.5. The molecule has 1 amide bonds. The van der Waals surface area contributed by atoms with E-state index in [1.165, 1.54) is 26.2 Å². The first-order chi connectivity index (χ1) is 31.3. The maximum Gasteiger partial charge on any atom is 0.241 e. The van der Waals surface area contributed by atoms with Gasteiger partial charge in [-0.05, 0) is 28.8 Å². The molecule has 64 heavy (non-hydrogen) atoms. The summed E-state index contributed by atoms with van der Waals surface area (Å²) >= 11 is 0. The van der Waals surface area contributed by atoms with Crippen molar-refractivity contribution in [3.63, 3.8) is 0 Å². The monoisotopic (exact) mass is 894 g/mol. The number of rotatable bonds is 18. The average molecular weight is 895 g/mol. The minimum atomic E-state index is -4.27. The molecular formula is C49H54N2O12S. The van der Waals surface area contributed by atoms with Crippen LogP contribution in [0.4, 0.5) is 0 Å². The smallest absolute Gasteiger partial charge is 0.241 e. The van der Waals surface area contributed by atoms with Gasteiger partial charge in [0.2, 0.25) is 15.9 Å². The Bertz CT molecular complexity index is 2300. The predicted octanol–water partition coefficient (Wildman–Crippen LogP) is 5.82. The summed E-state index contributed by atoms with van der Waals surface area (Å²) in [6.07, 6.45) is -8.73. The molecule has 0 aliphatic carbocycles. The molecule has 338 valence electrons. The van der Waals surface area contributed by atoms with Crippen LogP contribution in [0.5, 0.6) is 0 Å². The van der Waals surface area contributed by atoms with Gasteiger partial charge in [0.1, 0.15) is 48.7 Å². The van der Waals surface area contributed by atoms with Crippen LogP contribution in [0.15, 0.2) is 157 Å². The zero-order valence-corrected chi connectivity index (χ0v) is 36.4. The summed E-state index contributed by atoms with van der Waals surface area (Å²) in [6.45, 7) is 1.98. The van der Waals surface area contributed by atoms with Gasteiger partial charge in [-0.3, -0.25) is 4.79 Å². The first kappa shape index (κ1) is 45.7. The SMILES string of the molecule is CO[C@@H]1O[C@@H]2COC(c3ccccc3)O[C@H]2[C@H](O[C@@H]2O[C@H](COCc3ccccc3)[C@@H](OCc3ccccc3)[C@H](OCc3ccccc3)[C@H]2NS(=O)(=O)c2ccccc2)[C@H]1NC(C)=O. The second-order valence-electron chi connectivity index (χ2n) is 15.8. The molecule has 0 radical (unpaired) electrons. The minimum Gasteiger partial charge on any atom is -0.374 e. The highest BCUT2D eigenvalue weighted by molar-refractivity contribution is 7.89. The van der Waals surface area contributed by atoms with Gasteiger partial charge >= 0.3 is 0 Å². The third-order valence-corrected chi connectivity index (χ3v) is 12.7. The Morgan fingerprint density at radius 2 is 1.19 bits per heavy atom. The topological polar surface area (TPSA) is 158 Å². The van der Waals surface area contributed by atoms with Crippen molar-refractivity contribution in [3.05, 3.63) is 174 Å². The van der Waals surface area contributed by atoms with Crippen LogP contribution >= 0.6 is 0 Å². The third kappa shape index (κ3) is 11.5. The van der Waals surface area contributed by atoms with Gasteiger partial charge in [-0.2, -0.15) is 0 Å². The van der Waals surface area contributed by atoms with Crippen LogP contribution in [0.2, 0.25) is 0 Å². The molecule has 3 aliphatic heterocycles. The van der Waals surface area contributed by atoms with E-state index in [2.05, 4.69) is 10.0 Å². The second kappa shape index (κ2) is 21.9. The highest BCUT2D eigenvalue weighted by atomic mass is 32.2. The van der Waals surface area contributed by atoms with Gasteiger partial charge < -0.3 is 47.9 Å². The van der Waals surface area contributed by atoms with Crippen molar-refractivity contribution >= 4 is 15.9 Å². The molecule has 3 saturated heterocycles. The van der Waals surface area contributed by atoms with Gasteiger partial charge in [0.25, 0.3) is 0 Å². The third-order valence-electron chi connectivity index (χ3n) is 11.3. The van der Waals surface area contributed by atoms with Crippen LogP contribution in [-0.4, -0.2) is 95.9 Å². The van der Waals surface area contributed by atoms with E-state index in [4.69, 9.17) is 42.6 Å². The fourth-order valence-corrected chi connectivity index (χ4v) is 9.44. The number of benzene rings is 5. The lowest BCUT2D eigenvalue weighted by atomic mass is 9.93. The molecule has 0 spiro atoms. The molecule has 5 aromatic carbocycles. The predicted molar refractivity (Wildman–Crippen MR) is 234 cm³/mol. The van der Waals surface area contributed by atoms with E-state index in [1.807, 2.05) is 121 Å². The normalized spacial score (nSPS) is 28.2. The number of carbonyl (C=O) groups excluding carboxylic acids is 1. The maximum absolute atomic E-state index is 14.5. The molecule has 1 unspecified atom stereocenters. The van der Waals surface area contributed by atoms with Crippen LogP contribution in [0.1, 0.15) is 35.5 Å². The molecule has 5 aromatic rings. The van der Waals surface area contributed by atoms with E-state index >= 15 is 0 Å². The molecule has 15 heteroatoms. The molecule has 8 rings (SSSR count). The van der Waals surface area contributed by atoms with Crippen molar-refractivity contribution in [2.75, 3.05) is 20.3 Å². The van der Waals surface area contributed by atoms with Crippen molar-refractivity contribution in [2.45, 2.75) is 99.2 Å². The summed E-state index contributed by atoms with van der Waals surface area (Å²) < 4.78 is 91.0. The van der Waals surface area contributed by atoms with E-state index in [-0.39, 0.29) is 43.8 Å². The molecule has 3 fully saturated rings. The largest absolute Gasteiger partial charge is 0.374 e. The van der Waals surface area contributed by atoms with E-state index in [1.54, 1.807) is 18.2 Å². The van der Waals surface area contributed by atoms with Crippen LogP contribution in [0, 0.1) is 0 Å². The number of methoxy groups -OCH3 is 1. The standard InChI is InChI=1S/C49H54N2O12S/c1-33(52)50-41-46(44-40(60-48(41)55-2)32-59-47(62-44)37-24-14-6-15-25-37)63-49-42(51-64(53,54)38-26-16-7-17-27-38)45(58-30-36-22-12-5-13-23-36)43(57-29-35-20-10-4-11-21-35)39(61-49)31-56-28-34-18-8-3-9-19-34/h3-27,39-49,51H,28-32H2,1-2H3,(H,50,52)/t39-,40-,41-,42-,43-,44-,45-,46-,47?,48-,49+/m1/s1. The number of amides is 1. The zero-order valence-electron chi connectivity index (χ0n) is 35.6. The molecule has 3 aliphatic rings. The highest BCUT2D eigenvalue weighted by Crippen LogP contribution is 2.38. The summed E-state index contributed by atoms with van der Waals surface area (Å²) in [5.74, 6) is -0.383. The van der Waals surface area contributed by atoms with Crippen molar-refractivity contribution in [2.24, 2.45) is 0 Å². The Kier molecular flexibility index (Phi) is 15.6. The quantitative estimate of drug-likeness (QED) is 0.109. The van der Waals surface area contributed by atoms with E-state index in [0.29, 0.717) is 0 Å². The van der Waals surface area contributed by atoms with Crippen molar-refractivity contribution in [3.8, 4) is 0 Å². The molecule has 2 N–H and O–H groups in total. The summed E-state index contributed by atoms with van der Waals surface area (Å²) in [7, 11) is -2.81. The zero-order chi connectivity index (χ0) is 44.3. The number of fused-ring (bicyclic) bond motifs is 1. The molecule has 0 aromatic heterocycles. The number of sulfonamides is 1. The van der Waals surface area contributed by atoms with Crippen LogP contribution in [0.3, 0.4) is 0 Å². The van der Waals surface area contributed by atoms with Gasteiger partial charge in [0.05, 0.1) is 37.9 Å². The lowest BCUT2D eigenvalue weighted by molar-refractivity contribution is -0.370. The summed E-state index contributed by atoms with van der Waals surface area (Å²) in [4.78, 5) is 13.0. The van der Waals surface area contributed by atoms with Crippen molar-refractivity contribution in [1.29, 1.82) is 0 Å². The Balaban J connectivity index is 1.21. The molecular weight excluding hydrogens is 841 g/mol. The summed E-state index contributed by atoms with van der Waals surface area (Å²) in [6, 6.07) is 44.2. The lowest BCUT2D eigenvalue weighted by Crippen LogP contribution is -2.71. The Morgan fingerprint density at radius 1 is 0.641 bits per heavy atom. The number of hydrogen-bond donors (Lipinski definition) is 2. The fraction of sp³-hybridized carbons (Fsp3) is 0.367. The molecule has 0 saturated carbocycles. The molecule has 14 nitrogen and oxygen atoms in total. The van der Waals surface area contributed by atoms with Crippen molar-refractivity contribution < 1.29 is 55.8 Å². The average Bonchev–Trinajstić information content (AvgIpc) is 3.33. The number of carbonyl (C=O) groups is 1. The highest BCUT2D eigenvalue weighted by Gasteiger charge is 2.56. The van der Waals surface area contributed by atoms with Crippen LogP contribution in [-0.2, 0) is 77.3 Å². The van der Waals surface area contributed by atoms with Crippen LogP contribution < -0.4 is 10.0 Å². The lowest BCUT2D eigenvalue weighted by Gasteiger charge is -2.52. The molecule has 11 atom stereocenters. The van der Waals surface area contributed by atoms with Gasteiger partial charge in [0, 0.05) is 19.6 Å². The number of ether oxygens (including phenoxy) is 9. The van der Waals surface area contributed by atoms with Gasteiger partial charge in [-0.15, -0.1) is 0 Å². The summed E-state index contributed by atoms with van der Waals surface area (Å²) in [5, 5.41) is 2.96. The fourth-order valence-electron chi connectivity index (χ4n) is 8.18. The Morgan fingerprint density at radius 3 is 1.77 bits per heavy atom. The molecule has 0 bridgehead atoms. The van der Waals surface area contributed by atoms with E-state index < -0.39 is 77.6 Å². The Hall–Kier alpha value is -4.88. The van der Waals surface area contributed by atoms with Crippen LogP contribution in [0.25, 0.3) is 0 Å². The summed E-state index contributed by atoms with van der Waals surface area (Å²) in [5.41, 5.74) is 3.43. The van der Waals surface area contributed by atoms with Crippen molar-refractivity contribution in [1.82, 2.24) is 10.0 Å². The van der Waals surface area contributed by atoms with Gasteiger partial charge in [-0.1, -0.05) is 140 Å². The minimum absolute atomic E-state index is 0.00758. The molecule has 3 heterocycles. The number of nitrogens with one attached hydrogen (secondary N) is 2.